The lowest BCUT2D eigenvalue weighted by Gasteiger charge is -2.33. The number of benzene rings is 2. The second-order valence-electron chi connectivity index (χ2n) is 8.21. The number of hydrogen-bond acceptors (Lipinski definition) is 8. The highest BCUT2D eigenvalue weighted by molar-refractivity contribution is 7.97. The second kappa shape index (κ2) is 11.9. The van der Waals surface area contributed by atoms with Crippen molar-refractivity contribution >= 4 is 28.7 Å². The maximum Gasteiger partial charge on any atom is 0.573 e. The Morgan fingerprint density at radius 3 is 2.43 bits per heavy atom. The third-order valence-corrected chi connectivity index (χ3v) is 6.64. The van der Waals surface area contributed by atoms with E-state index in [0.29, 0.717) is 6.54 Å². The van der Waals surface area contributed by atoms with Gasteiger partial charge in [-0.15, -0.1) is 13.2 Å². The topological polar surface area (TPSA) is 65.6 Å². The van der Waals surface area contributed by atoms with Crippen molar-refractivity contribution in [1.82, 2.24) is 24.5 Å². The van der Waals surface area contributed by atoms with Crippen molar-refractivity contribution in [2.45, 2.75) is 24.2 Å². The largest absolute Gasteiger partial charge is 0.573 e. The first kappa shape index (κ1) is 25.5. The molecule has 0 unspecified atom stereocenters. The monoisotopic (exact) mass is 506 g/mol. The number of rotatable bonds is 10. The van der Waals surface area contributed by atoms with Gasteiger partial charge in [-0.25, -0.2) is 14.3 Å². The Morgan fingerprint density at radius 2 is 1.71 bits per heavy atom. The fourth-order valence-corrected chi connectivity index (χ4v) is 4.73. The smallest absolute Gasteiger partial charge is 0.406 e. The molecule has 1 saturated heterocycles. The molecule has 0 saturated carbocycles. The van der Waals surface area contributed by atoms with Crippen molar-refractivity contribution in [3.05, 3.63) is 54.4 Å². The zero-order chi connectivity index (χ0) is 24.7. The lowest BCUT2D eigenvalue weighted by atomic mass is 10.2. The molecular weight excluding hydrogens is 477 g/mol. The van der Waals surface area contributed by atoms with Gasteiger partial charge in [-0.05, 0) is 68.4 Å². The van der Waals surface area contributed by atoms with E-state index in [2.05, 4.69) is 24.6 Å². The molecule has 7 nitrogen and oxygen atoms in total. The number of para-hydroxylation sites is 1. The first-order chi connectivity index (χ1) is 16.9. The summed E-state index contributed by atoms with van der Waals surface area (Å²) in [7, 11) is 1.94. The highest BCUT2D eigenvalue weighted by Gasteiger charge is 2.31. The molecule has 4 rings (SSSR count). The lowest BCUT2D eigenvalue weighted by molar-refractivity contribution is -0.274. The molecule has 0 atom stereocenters. The van der Waals surface area contributed by atoms with Crippen molar-refractivity contribution < 1.29 is 17.9 Å². The molecule has 1 fully saturated rings. The average Bonchev–Trinajstić information content (AvgIpc) is 2.83. The predicted octanol–water partition coefficient (Wildman–Crippen LogP) is 4.37. The van der Waals surface area contributed by atoms with Crippen LogP contribution in [-0.2, 0) is 6.54 Å². The van der Waals surface area contributed by atoms with Gasteiger partial charge in [0.1, 0.15) is 17.4 Å². The van der Waals surface area contributed by atoms with Crippen molar-refractivity contribution in [3.8, 4) is 5.75 Å². The van der Waals surface area contributed by atoms with Crippen LogP contribution in [0, 0.1) is 0 Å². The normalized spacial score (nSPS) is 15.4. The summed E-state index contributed by atoms with van der Waals surface area (Å²) in [6.07, 6.45) is -3.68. The number of piperazine rings is 1. The number of nitrogens with one attached hydrogen (secondary N) is 2. The number of anilines is 1. The first-order valence-corrected chi connectivity index (χ1v) is 12.3. The number of alkyl halides is 3. The van der Waals surface area contributed by atoms with Crippen molar-refractivity contribution in [2.75, 3.05) is 51.6 Å². The summed E-state index contributed by atoms with van der Waals surface area (Å²) in [5, 5.41) is 7.63. The fraction of sp³-hybridized carbons (Fsp3) is 0.417. The Balaban J connectivity index is 1.31. The number of halogens is 3. The van der Waals surface area contributed by atoms with Crippen LogP contribution in [0.15, 0.2) is 53.4 Å². The fourth-order valence-electron chi connectivity index (χ4n) is 3.83. The average molecular weight is 507 g/mol. The summed E-state index contributed by atoms with van der Waals surface area (Å²) >= 11 is 1.54. The van der Waals surface area contributed by atoms with E-state index >= 15 is 0 Å². The first-order valence-electron chi connectivity index (χ1n) is 11.5. The number of nitrogens with zero attached hydrogens (tertiary/aromatic N) is 4. The maximum absolute atomic E-state index is 12.3. The van der Waals surface area contributed by atoms with Crippen molar-refractivity contribution in [3.63, 3.8) is 0 Å². The Morgan fingerprint density at radius 1 is 0.971 bits per heavy atom. The Kier molecular flexibility index (Phi) is 8.66. The van der Waals surface area contributed by atoms with Gasteiger partial charge >= 0.3 is 6.36 Å². The molecule has 0 amide bonds. The maximum atomic E-state index is 12.3. The van der Waals surface area contributed by atoms with E-state index < -0.39 is 6.36 Å². The number of aromatic nitrogens is 2. The highest BCUT2D eigenvalue weighted by atomic mass is 32.2. The molecule has 11 heteroatoms. The zero-order valence-corrected chi connectivity index (χ0v) is 20.3. The van der Waals surface area contributed by atoms with Crippen LogP contribution in [0.25, 0.3) is 10.9 Å². The van der Waals surface area contributed by atoms with Gasteiger partial charge in [-0.1, -0.05) is 12.1 Å². The van der Waals surface area contributed by atoms with Gasteiger partial charge in [0.05, 0.1) is 12.1 Å². The number of fused-ring (bicyclic) bond motifs is 1. The molecule has 2 aromatic carbocycles. The van der Waals surface area contributed by atoms with Crippen molar-refractivity contribution in [2.24, 2.45) is 0 Å². The molecule has 35 heavy (non-hydrogen) atoms. The van der Waals surface area contributed by atoms with Crippen LogP contribution in [0.2, 0.25) is 0 Å². The Labute approximate surface area is 207 Å². The van der Waals surface area contributed by atoms with E-state index in [4.69, 9.17) is 9.97 Å². The SMILES string of the molecule is CNCCCNc1nc(CN2CCN(Sc3ccc(OC(F)(F)F)cc3)CC2)nc2ccccc12. The van der Waals surface area contributed by atoms with Gasteiger partial charge in [0, 0.05) is 43.0 Å². The van der Waals surface area contributed by atoms with Crippen LogP contribution in [0.4, 0.5) is 19.0 Å². The van der Waals surface area contributed by atoms with Gasteiger partial charge in [0.15, 0.2) is 0 Å². The summed E-state index contributed by atoms with van der Waals surface area (Å²) in [5.41, 5.74) is 0.931. The summed E-state index contributed by atoms with van der Waals surface area (Å²) < 4.78 is 43.2. The molecule has 2 N–H and O–H groups in total. The van der Waals surface area contributed by atoms with Gasteiger partial charge in [-0.3, -0.25) is 4.90 Å². The van der Waals surface area contributed by atoms with Gasteiger partial charge in [-0.2, -0.15) is 0 Å². The van der Waals surface area contributed by atoms with E-state index in [9.17, 15) is 13.2 Å². The van der Waals surface area contributed by atoms with E-state index in [1.165, 1.54) is 12.1 Å². The Bertz CT molecular complexity index is 1090. The van der Waals surface area contributed by atoms with E-state index in [0.717, 1.165) is 73.1 Å². The van der Waals surface area contributed by atoms with E-state index in [-0.39, 0.29) is 5.75 Å². The molecule has 1 aliphatic rings. The lowest BCUT2D eigenvalue weighted by Crippen LogP contribution is -2.43. The molecule has 188 valence electrons. The van der Waals surface area contributed by atoms with Crippen LogP contribution < -0.4 is 15.4 Å². The summed E-state index contributed by atoms with van der Waals surface area (Å²) in [6, 6.07) is 14.0. The third kappa shape index (κ3) is 7.69. The molecule has 0 spiro atoms. The Hall–Kier alpha value is -2.60. The van der Waals surface area contributed by atoms with Crippen LogP contribution in [0.1, 0.15) is 12.2 Å². The summed E-state index contributed by atoms with van der Waals surface area (Å²) in [6.45, 7) is 5.80. The van der Waals surface area contributed by atoms with E-state index in [1.807, 2.05) is 31.3 Å². The van der Waals surface area contributed by atoms with Crippen LogP contribution in [0.5, 0.6) is 5.75 Å². The summed E-state index contributed by atoms with van der Waals surface area (Å²) in [4.78, 5) is 12.8. The molecule has 1 aliphatic heterocycles. The minimum atomic E-state index is -4.68. The molecule has 0 aliphatic carbocycles. The van der Waals surface area contributed by atoms with Gasteiger partial charge in [0.2, 0.25) is 0 Å². The van der Waals surface area contributed by atoms with E-state index in [1.54, 1.807) is 24.1 Å². The van der Waals surface area contributed by atoms with Gasteiger partial charge in [0.25, 0.3) is 0 Å². The van der Waals surface area contributed by atoms with Crippen LogP contribution >= 0.6 is 11.9 Å². The quantitative estimate of drug-likeness (QED) is 0.310. The third-order valence-electron chi connectivity index (χ3n) is 5.53. The number of hydrogen-bond donors (Lipinski definition) is 2. The molecule has 0 radical (unpaired) electrons. The molecule has 3 aromatic rings. The van der Waals surface area contributed by atoms with Crippen LogP contribution in [-0.4, -0.2) is 71.9 Å². The minimum Gasteiger partial charge on any atom is -0.406 e. The van der Waals surface area contributed by atoms with Gasteiger partial charge < -0.3 is 15.4 Å². The second-order valence-corrected chi connectivity index (χ2v) is 9.38. The zero-order valence-electron chi connectivity index (χ0n) is 19.5. The molecule has 1 aromatic heterocycles. The predicted molar refractivity (Wildman–Crippen MR) is 132 cm³/mol. The molecule has 2 heterocycles. The van der Waals surface area contributed by atoms with Crippen LogP contribution in [0.3, 0.4) is 0 Å². The number of ether oxygens (including phenoxy) is 1. The highest BCUT2D eigenvalue weighted by Crippen LogP contribution is 2.29. The summed E-state index contributed by atoms with van der Waals surface area (Å²) in [5.74, 6) is 1.45. The molecular formula is C24H29F3N6OS. The minimum absolute atomic E-state index is 0.210. The van der Waals surface area contributed by atoms with Crippen molar-refractivity contribution in [1.29, 1.82) is 0 Å². The molecule has 0 bridgehead atoms. The standard InChI is InChI=1S/C24H29F3N6OS/c1-28-11-4-12-29-23-20-5-2-3-6-21(20)30-22(31-23)17-32-13-15-33(16-14-32)35-19-9-7-18(8-10-19)34-24(25,26)27/h2-3,5-10,28H,4,11-17H2,1H3,(H,29,30,31).